The van der Waals surface area contributed by atoms with Crippen LogP contribution < -0.4 is 10.9 Å². The molecule has 162 valence electrons. The Morgan fingerprint density at radius 1 is 1.00 bits per heavy atom. The molecule has 2 aromatic carbocycles. The van der Waals surface area contributed by atoms with Crippen LogP contribution in [-0.2, 0) is 19.3 Å². The van der Waals surface area contributed by atoms with Gasteiger partial charge < -0.3 is 9.88 Å². The van der Waals surface area contributed by atoms with Gasteiger partial charge in [-0.1, -0.05) is 55.8 Å². The number of unbranched alkanes of at least 4 members (excludes halogenated alkanes) is 1. The number of carbonyl (C=O) groups is 1. The van der Waals surface area contributed by atoms with Crippen molar-refractivity contribution >= 4 is 5.91 Å². The van der Waals surface area contributed by atoms with Gasteiger partial charge in [-0.25, -0.2) is 0 Å². The van der Waals surface area contributed by atoms with Gasteiger partial charge in [-0.2, -0.15) is 13.2 Å². The van der Waals surface area contributed by atoms with Crippen LogP contribution in [0, 0.1) is 0 Å². The summed E-state index contributed by atoms with van der Waals surface area (Å²) in [5.41, 5.74) is 0.197. The standard InChI is InChI=1S/C24H23F3N2O2/c1-2-3-12-29-16-19(18-10-7-11-20(13-18)24(25,26)27)14-21(23(29)31)22(30)28-15-17-8-5-4-6-9-17/h4-11,13-14,16H,2-3,12,15H2,1H3,(H,28,30). The number of hydrogen-bond donors (Lipinski definition) is 1. The van der Waals surface area contributed by atoms with Gasteiger partial charge in [-0.3, -0.25) is 9.59 Å². The maximum absolute atomic E-state index is 13.1. The van der Waals surface area contributed by atoms with Gasteiger partial charge in [-0.05, 0) is 41.3 Å². The summed E-state index contributed by atoms with van der Waals surface area (Å²) in [6.45, 7) is 2.58. The molecule has 0 aliphatic rings. The molecule has 0 spiro atoms. The molecule has 3 aromatic rings. The zero-order valence-corrected chi connectivity index (χ0v) is 17.1. The Morgan fingerprint density at radius 2 is 1.74 bits per heavy atom. The van der Waals surface area contributed by atoms with Crippen LogP contribution in [0.4, 0.5) is 13.2 Å². The van der Waals surface area contributed by atoms with E-state index in [1.54, 1.807) is 0 Å². The molecule has 0 aliphatic carbocycles. The van der Waals surface area contributed by atoms with Crippen LogP contribution in [0.2, 0.25) is 0 Å². The number of pyridine rings is 1. The molecule has 0 radical (unpaired) electrons. The SMILES string of the molecule is CCCCn1cc(-c2cccc(C(F)(F)F)c2)cc(C(=O)NCc2ccccc2)c1=O. The monoisotopic (exact) mass is 428 g/mol. The topological polar surface area (TPSA) is 51.1 Å². The van der Waals surface area contributed by atoms with Crippen LogP contribution in [0.5, 0.6) is 0 Å². The van der Waals surface area contributed by atoms with Crippen molar-refractivity contribution in [2.24, 2.45) is 0 Å². The number of aryl methyl sites for hydroxylation is 1. The van der Waals surface area contributed by atoms with Crippen LogP contribution in [0.3, 0.4) is 0 Å². The molecule has 1 heterocycles. The summed E-state index contributed by atoms with van der Waals surface area (Å²) in [6, 6.07) is 15.5. The van der Waals surface area contributed by atoms with E-state index >= 15 is 0 Å². The fourth-order valence-electron chi connectivity index (χ4n) is 3.20. The van der Waals surface area contributed by atoms with Crippen molar-refractivity contribution in [3.05, 3.63) is 93.9 Å². The number of rotatable bonds is 7. The first-order valence-electron chi connectivity index (χ1n) is 10.0. The molecule has 0 bridgehead atoms. The second kappa shape index (κ2) is 9.64. The molecule has 7 heteroatoms. The predicted octanol–water partition coefficient (Wildman–Crippen LogP) is 5.26. The van der Waals surface area contributed by atoms with Crippen LogP contribution in [0.25, 0.3) is 11.1 Å². The minimum Gasteiger partial charge on any atom is -0.348 e. The van der Waals surface area contributed by atoms with Crippen LogP contribution in [0.15, 0.2) is 71.7 Å². The van der Waals surface area contributed by atoms with Crippen molar-refractivity contribution in [1.29, 1.82) is 0 Å². The van der Waals surface area contributed by atoms with Crippen molar-refractivity contribution in [3.63, 3.8) is 0 Å². The molecular weight excluding hydrogens is 405 g/mol. The van der Waals surface area contributed by atoms with Gasteiger partial charge in [0.05, 0.1) is 5.56 Å². The van der Waals surface area contributed by atoms with E-state index in [0.29, 0.717) is 18.5 Å². The van der Waals surface area contributed by atoms with Gasteiger partial charge in [0, 0.05) is 19.3 Å². The minimum absolute atomic E-state index is 0.0954. The number of nitrogens with one attached hydrogen (secondary N) is 1. The van der Waals surface area contributed by atoms with Gasteiger partial charge in [0.2, 0.25) is 0 Å². The highest BCUT2D eigenvalue weighted by molar-refractivity contribution is 5.95. The lowest BCUT2D eigenvalue weighted by atomic mass is 10.0. The van der Waals surface area contributed by atoms with E-state index < -0.39 is 23.2 Å². The molecule has 1 N–H and O–H groups in total. The number of amides is 1. The highest BCUT2D eigenvalue weighted by atomic mass is 19.4. The summed E-state index contributed by atoms with van der Waals surface area (Å²) in [5, 5.41) is 2.72. The molecule has 31 heavy (non-hydrogen) atoms. The second-order valence-corrected chi connectivity index (χ2v) is 7.24. The Kier molecular flexibility index (Phi) is 6.95. The first-order chi connectivity index (χ1) is 14.8. The van der Waals surface area contributed by atoms with Crippen LogP contribution >= 0.6 is 0 Å². The summed E-state index contributed by atoms with van der Waals surface area (Å²) in [4.78, 5) is 25.6. The number of alkyl halides is 3. The summed E-state index contributed by atoms with van der Waals surface area (Å²) in [5.74, 6) is -0.562. The average molecular weight is 428 g/mol. The summed E-state index contributed by atoms with van der Waals surface area (Å²) < 4.78 is 40.8. The first-order valence-corrected chi connectivity index (χ1v) is 10.0. The van der Waals surface area contributed by atoms with E-state index in [4.69, 9.17) is 0 Å². The zero-order chi connectivity index (χ0) is 22.4. The van der Waals surface area contributed by atoms with E-state index in [2.05, 4.69) is 5.32 Å². The fraction of sp³-hybridized carbons (Fsp3) is 0.250. The largest absolute Gasteiger partial charge is 0.416 e. The van der Waals surface area contributed by atoms with E-state index in [1.165, 1.54) is 29.0 Å². The third kappa shape index (κ3) is 5.63. The molecule has 0 saturated heterocycles. The zero-order valence-electron chi connectivity index (χ0n) is 17.1. The predicted molar refractivity (Wildman–Crippen MR) is 114 cm³/mol. The fourth-order valence-corrected chi connectivity index (χ4v) is 3.20. The Bertz CT molecular complexity index is 1110. The normalized spacial score (nSPS) is 11.4. The smallest absolute Gasteiger partial charge is 0.348 e. The van der Waals surface area contributed by atoms with Gasteiger partial charge in [0.1, 0.15) is 5.56 Å². The molecule has 1 amide bonds. The number of halogens is 3. The van der Waals surface area contributed by atoms with Crippen LogP contribution in [-0.4, -0.2) is 10.5 Å². The maximum atomic E-state index is 13.1. The molecular formula is C24H23F3N2O2. The highest BCUT2D eigenvalue weighted by Crippen LogP contribution is 2.32. The van der Waals surface area contributed by atoms with E-state index in [1.807, 2.05) is 37.3 Å². The molecule has 0 saturated carbocycles. The van der Waals surface area contributed by atoms with Crippen LogP contribution in [0.1, 0.15) is 41.3 Å². The molecule has 0 aliphatic heterocycles. The third-order valence-electron chi connectivity index (χ3n) is 4.90. The lowest BCUT2D eigenvalue weighted by molar-refractivity contribution is -0.137. The summed E-state index contributed by atoms with van der Waals surface area (Å²) >= 11 is 0. The molecule has 0 unspecified atom stereocenters. The van der Waals surface area contributed by atoms with E-state index in [-0.39, 0.29) is 17.7 Å². The molecule has 3 rings (SSSR count). The van der Waals surface area contributed by atoms with Gasteiger partial charge in [-0.15, -0.1) is 0 Å². The van der Waals surface area contributed by atoms with E-state index in [9.17, 15) is 22.8 Å². The number of aromatic nitrogens is 1. The molecule has 4 nitrogen and oxygen atoms in total. The van der Waals surface area contributed by atoms with Gasteiger partial charge in [0.15, 0.2) is 0 Å². The van der Waals surface area contributed by atoms with E-state index in [0.717, 1.165) is 24.1 Å². The highest BCUT2D eigenvalue weighted by Gasteiger charge is 2.30. The number of carbonyl (C=O) groups excluding carboxylic acids is 1. The summed E-state index contributed by atoms with van der Waals surface area (Å²) in [7, 11) is 0. The van der Waals surface area contributed by atoms with Gasteiger partial charge >= 0.3 is 6.18 Å². The number of benzene rings is 2. The van der Waals surface area contributed by atoms with Crippen molar-refractivity contribution in [2.45, 2.75) is 39.0 Å². The second-order valence-electron chi connectivity index (χ2n) is 7.24. The van der Waals surface area contributed by atoms with Crippen molar-refractivity contribution in [3.8, 4) is 11.1 Å². The Hall–Kier alpha value is -3.35. The lowest BCUT2D eigenvalue weighted by Gasteiger charge is -2.13. The minimum atomic E-state index is -4.48. The quantitative estimate of drug-likeness (QED) is 0.558. The average Bonchev–Trinajstić information content (AvgIpc) is 2.77. The van der Waals surface area contributed by atoms with Gasteiger partial charge in [0.25, 0.3) is 11.5 Å². The number of nitrogens with zero attached hydrogens (tertiary/aromatic N) is 1. The third-order valence-corrected chi connectivity index (χ3v) is 4.90. The van der Waals surface area contributed by atoms with Crippen molar-refractivity contribution < 1.29 is 18.0 Å². The molecule has 0 atom stereocenters. The summed E-state index contributed by atoms with van der Waals surface area (Å²) in [6.07, 6.45) is -1.43. The van der Waals surface area contributed by atoms with Crippen molar-refractivity contribution in [2.75, 3.05) is 0 Å². The first kappa shape index (κ1) is 22.3. The number of hydrogen-bond acceptors (Lipinski definition) is 2. The Morgan fingerprint density at radius 3 is 2.42 bits per heavy atom. The Labute approximate surface area is 178 Å². The molecule has 0 fully saturated rings. The van der Waals surface area contributed by atoms with Crippen molar-refractivity contribution in [1.82, 2.24) is 9.88 Å². The Balaban J connectivity index is 1.99. The maximum Gasteiger partial charge on any atom is 0.416 e. The lowest BCUT2D eigenvalue weighted by Crippen LogP contribution is -2.33. The molecule has 1 aromatic heterocycles.